The molecule has 0 saturated carbocycles. The summed E-state index contributed by atoms with van der Waals surface area (Å²) < 4.78 is 45.7. The van der Waals surface area contributed by atoms with Gasteiger partial charge in [0.05, 0.1) is 44.6 Å². The number of rotatable bonds is 3. The first kappa shape index (κ1) is 28.7. The molecule has 3 nitrogen and oxygen atoms in total. The minimum Gasteiger partial charge on any atom is -0.309 e. The Morgan fingerprint density at radius 2 is 1.06 bits per heavy atom. The second-order valence-electron chi connectivity index (χ2n) is 12.3. The fraction of sp³-hybridized carbons (Fsp3) is 0.0976. The summed E-state index contributed by atoms with van der Waals surface area (Å²) in [7, 11) is 0. The van der Waals surface area contributed by atoms with E-state index in [-0.39, 0.29) is 0 Å². The highest BCUT2D eigenvalue weighted by Crippen LogP contribution is 2.42. The number of nitriles is 1. The van der Waals surface area contributed by atoms with E-state index in [0.717, 1.165) is 72.1 Å². The summed E-state index contributed by atoms with van der Waals surface area (Å²) in [6.45, 7) is 5.79. The van der Waals surface area contributed by atoms with Crippen LogP contribution in [0.15, 0.2) is 115 Å². The number of hydrogen-bond acceptors (Lipinski definition) is 1. The molecule has 0 saturated heterocycles. The molecule has 6 heteroatoms. The Hall–Kier alpha value is -5.80. The quantitative estimate of drug-likeness (QED) is 0.194. The number of fused-ring (bicyclic) bond motifs is 6. The van der Waals surface area contributed by atoms with Gasteiger partial charge in [-0.2, -0.15) is 18.4 Å². The average Bonchev–Trinajstić information content (AvgIpc) is 3.55. The van der Waals surface area contributed by atoms with Crippen molar-refractivity contribution < 1.29 is 13.2 Å². The smallest absolute Gasteiger partial charge is 0.309 e. The number of hydrogen-bond donors (Lipinski definition) is 0. The zero-order valence-electron chi connectivity index (χ0n) is 25.9. The van der Waals surface area contributed by atoms with Crippen molar-refractivity contribution in [3.05, 3.63) is 143 Å². The van der Waals surface area contributed by atoms with Crippen LogP contribution >= 0.6 is 0 Å². The number of para-hydroxylation sites is 2. The van der Waals surface area contributed by atoms with Crippen LogP contribution in [0.4, 0.5) is 13.2 Å². The van der Waals surface area contributed by atoms with E-state index in [0.29, 0.717) is 22.4 Å². The fourth-order valence-corrected chi connectivity index (χ4v) is 7.07. The van der Waals surface area contributed by atoms with E-state index in [4.69, 9.17) is 0 Å². The van der Waals surface area contributed by atoms with Gasteiger partial charge < -0.3 is 9.13 Å². The van der Waals surface area contributed by atoms with Crippen molar-refractivity contribution in [2.75, 3.05) is 0 Å². The molecule has 2 heterocycles. The molecule has 0 bridgehead atoms. The Labute approximate surface area is 269 Å². The topological polar surface area (TPSA) is 33.6 Å². The molecule has 0 atom stereocenters. The molecule has 47 heavy (non-hydrogen) atoms. The SMILES string of the molecule is Cc1ccc2c3ccccc3n(-c3cc(-c4ccc(C(F)(F)F)cc4C)c(-n4c5ccccc5c5ccc(C)cc54)cc3C#N)c2c1. The van der Waals surface area contributed by atoms with Gasteiger partial charge in [0, 0.05) is 27.1 Å². The highest BCUT2D eigenvalue weighted by molar-refractivity contribution is 6.11. The number of alkyl halides is 3. The van der Waals surface area contributed by atoms with Crippen molar-refractivity contribution in [1.29, 1.82) is 5.26 Å². The van der Waals surface area contributed by atoms with E-state index < -0.39 is 11.7 Å². The molecule has 0 aliphatic carbocycles. The van der Waals surface area contributed by atoms with Crippen LogP contribution in [0.25, 0.3) is 66.1 Å². The van der Waals surface area contributed by atoms with E-state index in [2.05, 4.69) is 63.7 Å². The van der Waals surface area contributed by atoms with Crippen LogP contribution in [0.5, 0.6) is 0 Å². The van der Waals surface area contributed by atoms with Crippen LogP contribution in [0, 0.1) is 32.1 Å². The maximum Gasteiger partial charge on any atom is 0.416 e. The van der Waals surface area contributed by atoms with E-state index in [9.17, 15) is 18.4 Å². The highest BCUT2D eigenvalue weighted by atomic mass is 19.4. The molecule has 0 aliphatic heterocycles. The van der Waals surface area contributed by atoms with Gasteiger partial charge in [0.1, 0.15) is 6.07 Å². The second-order valence-corrected chi connectivity index (χ2v) is 12.3. The second kappa shape index (κ2) is 10.4. The van der Waals surface area contributed by atoms with Crippen LogP contribution in [0.3, 0.4) is 0 Å². The Morgan fingerprint density at radius 1 is 0.532 bits per heavy atom. The molecule has 8 aromatic rings. The van der Waals surface area contributed by atoms with Gasteiger partial charge in [-0.25, -0.2) is 0 Å². The number of aromatic nitrogens is 2. The molecule has 0 spiro atoms. The summed E-state index contributed by atoms with van der Waals surface area (Å²) in [5, 5.41) is 15.0. The van der Waals surface area contributed by atoms with Crippen molar-refractivity contribution in [2.45, 2.75) is 26.9 Å². The van der Waals surface area contributed by atoms with Gasteiger partial charge in [0.2, 0.25) is 0 Å². The van der Waals surface area contributed by atoms with Crippen LogP contribution < -0.4 is 0 Å². The minimum atomic E-state index is -4.47. The first-order valence-corrected chi connectivity index (χ1v) is 15.4. The molecule has 0 fully saturated rings. The lowest BCUT2D eigenvalue weighted by Crippen LogP contribution is -2.07. The van der Waals surface area contributed by atoms with Crippen LogP contribution in [-0.2, 0) is 6.18 Å². The van der Waals surface area contributed by atoms with Gasteiger partial charge in [-0.3, -0.25) is 0 Å². The number of aryl methyl sites for hydroxylation is 3. The normalized spacial score (nSPS) is 12.0. The van der Waals surface area contributed by atoms with Gasteiger partial charge in [-0.05, 0) is 91.6 Å². The first-order valence-electron chi connectivity index (χ1n) is 15.4. The predicted octanol–water partition coefficient (Wildman–Crippen LogP) is 11.4. The molecular weight excluding hydrogens is 591 g/mol. The van der Waals surface area contributed by atoms with Crippen molar-refractivity contribution in [3.8, 4) is 28.6 Å². The first-order chi connectivity index (χ1) is 22.6. The molecule has 2 aromatic heterocycles. The van der Waals surface area contributed by atoms with Crippen LogP contribution in [0.2, 0.25) is 0 Å². The lowest BCUT2D eigenvalue weighted by molar-refractivity contribution is -0.137. The highest BCUT2D eigenvalue weighted by Gasteiger charge is 2.31. The molecule has 0 aliphatic rings. The van der Waals surface area contributed by atoms with Crippen molar-refractivity contribution in [2.24, 2.45) is 0 Å². The Bertz CT molecular complexity index is 2610. The monoisotopic (exact) mass is 619 g/mol. The number of nitrogens with zero attached hydrogens (tertiary/aromatic N) is 3. The third-order valence-electron chi connectivity index (χ3n) is 9.22. The maximum atomic E-state index is 13.8. The summed E-state index contributed by atoms with van der Waals surface area (Å²) in [5.41, 5.74) is 9.00. The summed E-state index contributed by atoms with van der Waals surface area (Å²) in [5.74, 6) is 0. The van der Waals surface area contributed by atoms with Gasteiger partial charge >= 0.3 is 6.18 Å². The fourth-order valence-electron chi connectivity index (χ4n) is 7.07. The Balaban J connectivity index is 1.54. The third kappa shape index (κ3) is 4.42. The summed E-state index contributed by atoms with van der Waals surface area (Å²) in [6, 6.07) is 39.1. The van der Waals surface area contributed by atoms with Gasteiger partial charge in [-0.1, -0.05) is 66.7 Å². The van der Waals surface area contributed by atoms with Crippen LogP contribution in [0.1, 0.15) is 27.8 Å². The molecule has 6 aromatic carbocycles. The van der Waals surface area contributed by atoms with Crippen molar-refractivity contribution in [1.82, 2.24) is 9.13 Å². The summed E-state index contributed by atoms with van der Waals surface area (Å²) in [6.07, 6.45) is -4.47. The number of benzene rings is 6. The molecule has 0 unspecified atom stereocenters. The molecule has 0 amide bonds. The standard InChI is InChI=1S/C41H28F3N3/c1-24-12-15-32-30-8-4-6-10-35(30)46(38(32)18-24)37-22-34(29-17-14-28(20-26(29)3)41(42,43)44)40(21-27(37)23-45)47-36-11-7-5-9-31(36)33-16-13-25(2)19-39(33)47/h4-22H,1-3H3. The summed E-state index contributed by atoms with van der Waals surface area (Å²) in [4.78, 5) is 0. The van der Waals surface area contributed by atoms with Crippen molar-refractivity contribution >= 4 is 43.6 Å². The Morgan fingerprint density at radius 3 is 1.60 bits per heavy atom. The molecular formula is C41H28F3N3. The zero-order valence-corrected chi connectivity index (χ0v) is 25.9. The van der Waals surface area contributed by atoms with Gasteiger partial charge in [0.25, 0.3) is 0 Å². The van der Waals surface area contributed by atoms with Crippen LogP contribution in [-0.4, -0.2) is 9.13 Å². The lowest BCUT2D eigenvalue weighted by Gasteiger charge is -2.20. The third-order valence-corrected chi connectivity index (χ3v) is 9.22. The summed E-state index contributed by atoms with van der Waals surface area (Å²) >= 11 is 0. The maximum absolute atomic E-state index is 13.8. The van der Waals surface area contributed by atoms with E-state index in [1.165, 1.54) is 6.07 Å². The van der Waals surface area contributed by atoms with Gasteiger partial charge in [-0.15, -0.1) is 0 Å². The van der Waals surface area contributed by atoms with Crippen molar-refractivity contribution in [3.63, 3.8) is 0 Å². The zero-order chi connectivity index (χ0) is 32.6. The minimum absolute atomic E-state index is 0.455. The van der Waals surface area contributed by atoms with Gasteiger partial charge in [0.15, 0.2) is 0 Å². The van der Waals surface area contributed by atoms with E-state index in [1.807, 2.05) is 62.4 Å². The lowest BCUT2D eigenvalue weighted by atomic mass is 9.94. The molecule has 0 N–H and O–H groups in total. The largest absolute Gasteiger partial charge is 0.416 e. The number of halogens is 3. The average molecular weight is 620 g/mol. The molecule has 0 radical (unpaired) electrons. The predicted molar refractivity (Wildman–Crippen MR) is 184 cm³/mol. The van der Waals surface area contributed by atoms with E-state index >= 15 is 0 Å². The molecule has 8 rings (SSSR count). The van der Waals surface area contributed by atoms with E-state index in [1.54, 1.807) is 13.0 Å². The molecule has 228 valence electrons. The Kier molecular flexibility index (Phi) is 6.32.